The minimum Gasteiger partial charge on any atom is -0.473 e. The Morgan fingerprint density at radius 2 is 1.70 bits per heavy atom. The number of carboxylic acid groups (broad SMARTS) is 2. The maximum atomic E-state index is 11.7. The number of amides is 1. The minimum atomic E-state index is -1.82. The van der Waals surface area contributed by atoms with E-state index in [1.54, 1.807) is 32.4 Å². The van der Waals surface area contributed by atoms with E-state index < -0.39 is 11.9 Å². The lowest BCUT2D eigenvalue weighted by molar-refractivity contribution is -0.159. The van der Waals surface area contributed by atoms with E-state index in [1.165, 1.54) is 30.6 Å². The van der Waals surface area contributed by atoms with Gasteiger partial charge in [0, 0.05) is 26.8 Å². The zero-order valence-electron chi connectivity index (χ0n) is 16.3. The highest BCUT2D eigenvalue weighted by atomic mass is 16.6. The fourth-order valence-electron chi connectivity index (χ4n) is 1.96. The number of ether oxygens (including phenoxy) is 1. The third-order valence-corrected chi connectivity index (χ3v) is 3.41. The van der Waals surface area contributed by atoms with Gasteiger partial charge >= 0.3 is 18.0 Å². The van der Waals surface area contributed by atoms with Crippen molar-refractivity contribution in [1.82, 2.24) is 14.8 Å². The van der Waals surface area contributed by atoms with Crippen LogP contribution in [-0.4, -0.2) is 70.7 Å². The van der Waals surface area contributed by atoms with E-state index in [9.17, 15) is 4.79 Å². The number of carboxylic acids is 2. The second kappa shape index (κ2) is 13.5. The Bertz CT molecular complexity index is 595. The molecular weight excluding hydrogens is 354 g/mol. The van der Waals surface area contributed by atoms with Gasteiger partial charge in [-0.2, -0.15) is 0 Å². The summed E-state index contributed by atoms with van der Waals surface area (Å²) < 4.78 is 5.35. The van der Waals surface area contributed by atoms with Crippen molar-refractivity contribution >= 4 is 18.0 Å². The number of pyridine rings is 1. The average Bonchev–Trinajstić information content (AvgIpc) is 2.60. The predicted octanol–water partition coefficient (Wildman–Crippen LogP) is 2.31. The zero-order chi connectivity index (χ0) is 20.8. The van der Waals surface area contributed by atoms with Gasteiger partial charge < -0.3 is 24.7 Å². The molecule has 0 radical (unpaired) electrons. The van der Waals surface area contributed by atoms with E-state index in [-0.39, 0.29) is 6.09 Å². The maximum Gasteiger partial charge on any atom is 0.414 e. The highest BCUT2D eigenvalue weighted by Crippen LogP contribution is 2.18. The van der Waals surface area contributed by atoms with Crippen LogP contribution in [0.2, 0.25) is 0 Å². The molecule has 0 bridgehead atoms. The number of unbranched alkanes of at least 4 members (excludes halogenated alkanes) is 3. The molecule has 1 aromatic heterocycles. The molecule has 1 heterocycles. The fourth-order valence-corrected chi connectivity index (χ4v) is 1.96. The third kappa shape index (κ3) is 11.5. The number of aliphatic carboxylic acids is 2. The van der Waals surface area contributed by atoms with Crippen molar-refractivity contribution in [2.45, 2.75) is 39.2 Å². The summed E-state index contributed by atoms with van der Waals surface area (Å²) in [6, 6.07) is 3.57. The van der Waals surface area contributed by atoms with Crippen LogP contribution in [0, 0.1) is 0 Å². The van der Waals surface area contributed by atoms with Gasteiger partial charge in [0.2, 0.25) is 0 Å². The van der Waals surface area contributed by atoms with Gasteiger partial charge in [-0.05, 0) is 32.1 Å². The first kappa shape index (κ1) is 24.3. The SMILES string of the molecule is CCCCCCN(C)Cc1ncccc1OC(=O)N(C)C.O=C(O)C(=O)O. The van der Waals surface area contributed by atoms with Gasteiger partial charge in [-0.1, -0.05) is 26.2 Å². The van der Waals surface area contributed by atoms with E-state index >= 15 is 0 Å². The van der Waals surface area contributed by atoms with Gasteiger partial charge in [-0.15, -0.1) is 0 Å². The Hall–Kier alpha value is -2.68. The monoisotopic (exact) mass is 383 g/mol. The molecule has 9 nitrogen and oxygen atoms in total. The normalized spacial score (nSPS) is 9.96. The molecule has 2 N–H and O–H groups in total. The Morgan fingerprint density at radius 1 is 1.07 bits per heavy atom. The van der Waals surface area contributed by atoms with Crippen molar-refractivity contribution in [3.63, 3.8) is 0 Å². The topological polar surface area (TPSA) is 120 Å². The molecule has 9 heteroatoms. The molecular formula is C18H29N3O6. The second-order valence-corrected chi connectivity index (χ2v) is 6.12. The van der Waals surface area contributed by atoms with Crippen molar-refractivity contribution < 1.29 is 29.3 Å². The molecule has 0 aliphatic heterocycles. The molecule has 152 valence electrons. The molecule has 1 aromatic rings. The van der Waals surface area contributed by atoms with Crippen LogP contribution in [-0.2, 0) is 16.1 Å². The molecule has 1 amide bonds. The van der Waals surface area contributed by atoms with Crippen LogP contribution in [0.1, 0.15) is 38.3 Å². The lowest BCUT2D eigenvalue weighted by Gasteiger charge is -2.18. The lowest BCUT2D eigenvalue weighted by atomic mass is 10.2. The van der Waals surface area contributed by atoms with E-state index in [1.807, 2.05) is 0 Å². The first-order chi connectivity index (χ1) is 12.7. The quantitative estimate of drug-likeness (QED) is 0.518. The van der Waals surface area contributed by atoms with Crippen LogP contribution in [0.4, 0.5) is 4.79 Å². The van der Waals surface area contributed by atoms with E-state index in [0.29, 0.717) is 12.3 Å². The Balaban J connectivity index is 0.000000972. The van der Waals surface area contributed by atoms with Crippen LogP contribution in [0.25, 0.3) is 0 Å². The van der Waals surface area contributed by atoms with Gasteiger partial charge in [0.25, 0.3) is 0 Å². The van der Waals surface area contributed by atoms with Crippen LogP contribution in [0.3, 0.4) is 0 Å². The molecule has 0 aliphatic rings. The zero-order valence-corrected chi connectivity index (χ0v) is 16.3. The first-order valence-corrected chi connectivity index (χ1v) is 8.66. The Labute approximate surface area is 159 Å². The molecule has 0 unspecified atom stereocenters. The second-order valence-electron chi connectivity index (χ2n) is 6.12. The molecule has 0 aliphatic carbocycles. The Kier molecular flexibility index (Phi) is 12.2. The average molecular weight is 383 g/mol. The summed E-state index contributed by atoms with van der Waals surface area (Å²) in [5.41, 5.74) is 0.797. The summed E-state index contributed by atoms with van der Waals surface area (Å²) in [4.78, 5) is 37.8. The Morgan fingerprint density at radius 3 is 2.22 bits per heavy atom. The van der Waals surface area contributed by atoms with Crippen LogP contribution >= 0.6 is 0 Å². The number of rotatable bonds is 8. The summed E-state index contributed by atoms with van der Waals surface area (Å²) in [7, 11) is 5.40. The summed E-state index contributed by atoms with van der Waals surface area (Å²) in [6.45, 7) is 3.92. The van der Waals surface area contributed by atoms with Crippen molar-refractivity contribution in [2.75, 3.05) is 27.7 Å². The molecule has 0 saturated heterocycles. The third-order valence-electron chi connectivity index (χ3n) is 3.41. The number of nitrogens with zero attached hydrogens (tertiary/aromatic N) is 3. The van der Waals surface area contributed by atoms with Crippen molar-refractivity contribution in [1.29, 1.82) is 0 Å². The van der Waals surface area contributed by atoms with Gasteiger partial charge in [-0.25, -0.2) is 14.4 Å². The smallest absolute Gasteiger partial charge is 0.414 e. The summed E-state index contributed by atoms with van der Waals surface area (Å²) >= 11 is 0. The molecule has 0 fully saturated rings. The fraction of sp³-hybridized carbons (Fsp3) is 0.556. The van der Waals surface area contributed by atoms with Crippen molar-refractivity contribution in [3.05, 3.63) is 24.0 Å². The summed E-state index contributed by atoms with van der Waals surface area (Å²) in [6.07, 6.45) is 6.32. The molecule has 0 aromatic carbocycles. The molecule has 0 saturated carbocycles. The maximum absolute atomic E-state index is 11.7. The summed E-state index contributed by atoms with van der Waals surface area (Å²) in [5.74, 6) is -3.11. The molecule has 0 spiro atoms. The molecule has 1 rings (SSSR count). The number of carbonyl (C=O) groups excluding carboxylic acids is 1. The molecule has 0 atom stereocenters. The largest absolute Gasteiger partial charge is 0.473 e. The van der Waals surface area contributed by atoms with Gasteiger partial charge in [0.05, 0.1) is 5.69 Å². The van der Waals surface area contributed by atoms with Gasteiger partial charge in [-0.3, -0.25) is 4.98 Å². The predicted molar refractivity (Wildman–Crippen MR) is 99.7 cm³/mol. The number of hydrogen-bond acceptors (Lipinski definition) is 6. The number of aromatic nitrogens is 1. The number of hydrogen-bond donors (Lipinski definition) is 2. The van der Waals surface area contributed by atoms with Gasteiger partial charge in [0.15, 0.2) is 5.75 Å². The number of carbonyl (C=O) groups is 3. The highest BCUT2D eigenvalue weighted by molar-refractivity contribution is 6.27. The highest BCUT2D eigenvalue weighted by Gasteiger charge is 2.13. The molecule has 27 heavy (non-hydrogen) atoms. The van der Waals surface area contributed by atoms with Crippen LogP contribution < -0.4 is 4.74 Å². The van der Waals surface area contributed by atoms with E-state index in [2.05, 4.69) is 23.9 Å². The van der Waals surface area contributed by atoms with Crippen LogP contribution in [0.5, 0.6) is 5.75 Å². The lowest BCUT2D eigenvalue weighted by Crippen LogP contribution is -2.26. The van der Waals surface area contributed by atoms with Crippen molar-refractivity contribution in [3.8, 4) is 5.75 Å². The van der Waals surface area contributed by atoms with E-state index in [0.717, 1.165) is 12.2 Å². The minimum absolute atomic E-state index is 0.380. The standard InChI is InChI=1S/C16H27N3O2.C2H2O4/c1-5-6-7-8-12-19(4)13-14-15(10-9-11-17-14)21-16(20)18(2)3;3-1(4)2(5)6/h9-11H,5-8,12-13H2,1-4H3;(H,3,4)(H,5,6). The van der Waals surface area contributed by atoms with Crippen LogP contribution in [0.15, 0.2) is 18.3 Å². The van der Waals surface area contributed by atoms with E-state index in [4.69, 9.17) is 24.5 Å². The van der Waals surface area contributed by atoms with Crippen molar-refractivity contribution in [2.24, 2.45) is 0 Å². The van der Waals surface area contributed by atoms with Gasteiger partial charge in [0.1, 0.15) is 0 Å². The first-order valence-electron chi connectivity index (χ1n) is 8.66. The summed E-state index contributed by atoms with van der Waals surface area (Å²) in [5, 5.41) is 14.8.